The van der Waals surface area contributed by atoms with E-state index in [1.165, 1.54) is 6.07 Å². The summed E-state index contributed by atoms with van der Waals surface area (Å²) < 4.78 is 13.9. The summed E-state index contributed by atoms with van der Waals surface area (Å²) in [6, 6.07) is 13.6. The van der Waals surface area contributed by atoms with Gasteiger partial charge in [0, 0.05) is 35.9 Å². The van der Waals surface area contributed by atoms with Gasteiger partial charge in [-0.25, -0.2) is 4.39 Å². The van der Waals surface area contributed by atoms with Crippen molar-refractivity contribution in [3.8, 4) is 0 Å². The van der Waals surface area contributed by atoms with Crippen molar-refractivity contribution in [2.24, 2.45) is 0 Å². The van der Waals surface area contributed by atoms with Gasteiger partial charge in [0.15, 0.2) is 0 Å². The van der Waals surface area contributed by atoms with Gasteiger partial charge >= 0.3 is 0 Å². The number of fused-ring (bicyclic) bond motifs is 1. The molecule has 0 bridgehead atoms. The first kappa shape index (κ1) is 16.9. The summed E-state index contributed by atoms with van der Waals surface area (Å²) in [5, 5.41) is 15.1. The molecule has 0 aliphatic heterocycles. The van der Waals surface area contributed by atoms with E-state index in [1.807, 2.05) is 6.07 Å². The Morgan fingerprint density at radius 1 is 1.16 bits per heavy atom. The number of aliphatic hydroxyl groups is 1. The quantitative estimate of drug-likeness (QED) is 0.645. The number of carbonyl (C=O) groups is 1. The largest absolute Gasteiger partial charge is 0.395 e. The van der Waals surface area contributed by atoms with E-state index in [2.05, 4.69) is 15.6 Å². The predicted octanol–water partition coefficient (Wildman–Crippen LogP) is 2.71. The summed E-state index contributed by atoms with van der Waals surface area (Å²) in [6.07, 6.45) is 1.64. The third-order valence-corrected chi connectivity index (χ3v) is 3.81. The number of aliphatic hydroxyl groups excluding tert-OH is 1. The van der Waals surface area contributed by atoms with Crippen LogP contribution in [0.25, 0.3) is 10.9 Å². The smallest absolute Gasteiger partial charge is 0.251 e. The van der Waals surface area contributed by atoms with Crippen molar-refractivity contribution in [2.45, 2.75) is 6.54 Å². The normalized spacial score (nSPS) is 10.6. The molecule has 1 aromatic heterocycles. The second-order valence-corrected chi connectivity index (χ2v) is 5.52. The van der Waals surface area contributed by atoms with Crippen molar-refractivity contribution in [3.63, 3.8) is 0 Å². The first-order valence-corrected chi connectivity index (χ1v) is 7.94. The zero-order valence-corrected chi connectivity index (χ0v) is 13.5. The van der Waals surface area contributed by atoms with Gasteiger partial charge in [-0.2, -0.15) is 0 Å². The minimum absolute atomic E-state index is 0.103. The van der Waals surface area contributed by atoms with Crippen molar-refractivity contribution < 1.29 is 14.3 Å². The molecule has 3 N–H and O–H groups in total. The lowest BCUT2D eigenvalue weighted by atomic mass is 10.1. The molecule has 0 spiro atoms. The summed E-state index contributed by atoms with van der Waals surface area (Å²) in [5.74, 6) is -0.541. The lowest BCUT2D eigenvalue weighted by Crippen LogP contribution is -2.26. The van der Waals surface area contributed by atoms with Crippen LogP contribution in [0, 0.1) is 5.82 Å². The van der Waals surface area contributed by atoms with Crippen LogP contribution in [-0.2, 0) is 6.54 Å². The molecular weight excluding hydrogens is 321 g/mol. The number of nitrogens with zero attached hydrogens (tertiary/aromatic N) is 1. The first-order valence-electron chi connectivity index (χ1n) is 7.94. The number of nitrogens with one attached hydrogen (secondary N) is 2. The Morgan fingerprint density at radius 2 is 2.04 bits per heavy atom. The topological polar surface area (TPSA) is 74.2 Å². The van der Waals surface area contributed by atoms with E-state index in [0.717, 1.165) is 11.3 Å². The van der Waals surface area contributed by atoms with Gasteiger partial charge in [0.25, 0.3) is 5.91 Å². The second kappa shape index (κ2) is 7.72. The molecule has 6 heteroatoms. The third-order valence-electron chi connectivity index (χ3n) is 3.81. The highest BCUT2D eigenvalue weighted by Crippen LogP contribution is 2.21. The van der Waals surface area contributed by atoms with Crippen LogP contribution in [0.2, 0.25) is 0 Å². The van der Waals surface area contributed by atoms with Crippen molar-refractivity contribution in [1.29, 1.82) is 0 Å². The molecule has 0 radical (unpaired) electrons. The molecular formula is C19H18FN3O2. The zero-order valence-electron chi connectivity index (χ0n) is 13.5. The van der Waals surface area contributed by atoms with Gasteiger partial charge in [-0.3, -0.25) is 9.78 Å². The van der Waals surface area contributed by atoms with Gasteiger partial charge in [-0.05, 0) is 42.0 Å². The molecule has 128 valence electrons. The van der Waals surface area contributed by atoms with Crippen LogP contribution in [0.3, 0.4) is 0 Å². The molecule has 0 unspecified atom stereocenters. The molecule has 0 saturated carbocycles. The number of carbonyl (C=O) groups excluding carboxylic acids is 1. The molecule has 1 amide bonds. The standard InChI is InChI=1S/C19H18FN3O2/c20-17-7-6-14(18-16(17)5-2-8-21-18)12-23-15-4-1-3-13(11-15)19(25)22-9-10-24/h1-8,11,23-24H,9-10,12H2,(H,22,25). The zero-order chi connectivity index (χ0) is 17.6. The van der Waals surface area contributed by atoms with Crippen LogP contribution in [0.1, 0.15) is 15.9 Å². The maximum atomic E-state index is 13.9. The van der Waals surface area contributed by atoms with E-state index in [-0.39, 0.29) is 24.9 Å². The molecule has 0 aliphatic carbocycles. The Hall–Kier alpha value is -2.99. The molecule has 5 nitrogen and oxygen atoms in total. The highest BCUT2D eigenvalue weighted by atomic mass is 19.1. The molecule has 1 heterocycles. The fourth-order valence-corrected chi connectivity index (χ4v) is 2.58. The highest BCUT2D eigenvalue weighted by molar-refractivity contribution is 5.95. The number of amides is 1. The van der Waals surface area contributed by atoms with Crippen molar-refractivity contribution in [2.75, 3.05) is 18.5 Å². The van der Waals surface area contributed by atoms with Crippen molar-refractivity contribution in [1.82, 2.24) is 10.3 Å². The van der Waals surface area contributed by atoms with Gasteiger partial charge in [-0.1, -0.05) is 12.1 Å². The van der Waals surface area contributed by atoms with Crippen LogP contribution in [0.15, 0.2) is 54.7 Å². The fourth-order valence-electron chi connectivity index (χ4n) is 2.58. The summed E-state index contributed by atoms with van der Waals surface area (Å²) in [4.78, 5) is 16.2. The Morgan fingerprint density at radius 3 is 2.88 bits per heavy atom. The number of hydrogen-bond donors (Lipinski definition) is 3. The van der Waals surface area contributed by atoms with Gasteiger partial charge in [-0.15, -0.1) is 0 Å². The second-order valence-electron chi connectivity index (χ2n) is 5.52. The average Bonchev–Trinajstić information content (AvgIpc) is 2.66. The molecule has 0 saturated heterocycles. The number of rotatable bonds is 6. The molecule has 0 fully saturated rings. The summed E-state index contributed by atoms with van der Waals surface area (Å²) >= 11 is 0. The average molecular weight is 339 g/mol. The molecule has 3 aromatic rings. The Labute approximate surface area is 144 Å². The number of anilines is 1. The van der Waals surface area contributed by atoms with Crippen LogP contribution in [0.4, 0.5) is 10.1 Å². The summed E-state index contributed by atoms with van der Waals surface area (Å²) in [5.41, 5.74) is 2.75. The maximum Gasteiger partial charge on any atom is 0.251 e. The number of hydrogen-bond acceptors (Lipinski definition) is 4. The van der Waals surface area contributed by atoms with Gasteiger partial charge in [0.05, 0.1) is 12.1 Å². The van der Waals surface area contributed by atoms with E-state index in [1.54, 1.807) is 42.6 Å². The number of halogens is 1. The molecule has 0 aliphatic rings. The molecule has 2 aromatic carbocycles. The van der Waals surface area contributed by atoms with Gasteiger partial charge in [0.2, 0.25) is 0 Å². The molecule has 25 heavy (non-hydrogen) atoms. The molecule has 0 atom stereocenters. The summed E-state index contributed by atoms with van der Waals surface area (Å²) in [7, 11) is 0. The van der Waals surface area contributed by atoms with E-state index in [9.17, 15) is 9.18 Å². The predicted molar refractivity (Wildman–Crippen MR) is 94.9 cm³/mol. The van der Waals surface area contributed by atoms with Crippen molar-refractivity contribution >= 4 is 22.5 Å². The third kappa shape index (κ3) is 3.92. The van der Waals surface area contributed by atoms with Crippen LogP contribution in [-0.4, -0.2) is 29.1 Å². The van der Waals surface area contributed by atoms with Gasteiger partial charge in [0.1, 0.15) is 5.82 Å². The summed E-state index contributed by atoms with van der Waals surface area (Å²) in [6.45, 7) is 0.563. The van der Waals surface area contributed by atoms with E-state index < -0.39 is 0 Å². The van der Waals surface area contributed by atoms with Crippen LogP contribution < -0.4 is 10.6 Å². The number of pyridine rings is 1. The minimum Gasteiger partial charge on any atom is -0.395 e. The SMILES string of the molecule is O=C(NCCO)c1cccc(NCc2ccc(F)c3cccnc23)c1. The van der Waals surface area contributed by atoms with Crippen LogP contribution in [0.5, 0.6) is 0 Å². The molecule has 3 rings (SSSR count). The monoisotopic (exact) mass is 339 g/mol. The van der Waals surface area contributed by atoms with Crippen molar-refractivity contribution in [3.05, 3.63) is 71.7 Å². The van der Waals surface area contributed by atoms with E-state index >= 15 is 0 Å². The number of benzene rings is 2. The first-order chi connectivity index (χ1) is 12.2. The Kier molecular flexibility index (Phi) is 5.20. The maximum absolute atomic E-state index is 13.9. The lowest BCUT2D eigenvalue weighted by molar-refractivity contribution is 0.0945. The van der Waals surface area contributed by atoms with E-state index in [0.29, 0.717) is 23.0 Å². The number of aromatic nitrogens is 1. The van der Waals surface area contributed by atoms with Crippen LogP contribution >= 0.6 is 0 Å². The Balaban J connectivity index is 1.76. The lowest BCUT2D eigenvalue weighted by Gasteiger charge is -2.11. The Bertz CT molecular complexity index is 899. The van der Waals surface area contributed by atoms with E-state index in [4.69, 9.17) is 5.11 Å². The minimum atomic E-state index is -0.297. The highest BCUT2D eigenvalue weighted by Gasteiger charge is 2.08. The van der Waals surface area contributed by atoms with Gasteiger partial charge < -0.3 is 15.7 Å². The fraction of sp³-hybridized carbons (Fsp3) is 0.158.